The summed E-state index contributed by atoms with van der Waals surface area (Å²) < 4.78 is 4.99. The lowest BCUT2D eigenvalue weighted by molar-refractivity contribution is 0.0941. The van der Waals surface area contributed by atoms with Crippen molar-refractivity contribution in [3.8, 4) is 0 Å². The van der Waals surface area contributed by atoms with Crippen molar-refractivity contribution in [2.45, 2.75) is 32.4 Å². The minimum atomic E-state index is -0.599. The summed E-state index contributed by atoms with van der Waals surface area (Å²) in [6.07, 6.45) is 2.49. The number of nitrogen functional groups attached to an aromatic ring is 2. The van der Waals surface area contributed by atoms with Gasteiger partial charge in [-0.1, -0.05) is 0 Å². The van der Waals surface area contributed by atoms with Gasteiger partial charge in [0.15, 0.2) is 17.0 Å². The van der Waals surface area contributed by atoms with Gasteiger partial charge in [0, 0.05) is 24.0 Å². The van der Waals surface area contributed by atoms with Crippen molar-refractivity contribution < 1.29 is 9.53 Å². The van der Waals surface area contributed by atoms with Crippen molar-refractivity contribution in [1.29, 1.82) is 10.8 Å². The molecule has 0 spiro atoms. The molecule has 0 aliphatic rings. The Labute approximate surface area is 196 Å². The number of fused-ring (bicyclic) bond motifs is 1. The highest BCUT2D eigenvalue weighted by atomic mass is 16.5. The third kappa shape index (κ3) is 5.91. The average Bonchev–Trinajstić information content (AvgIpc) is 2.81. The number of anilines is 3. The van der Waals surface area contributed by atoms with Gasteiger partial charge in [-0.15, -0.1) is 0 Å². The van der Waals surface area contributed by atoms with Crippen LogP contribution in [0.2, 0.25) is 0 Å². The number of aromatic nitrogens is 4. The molecule has 0 aliphatic heterocycles. The van der Waals surface area contributed by atoms with Gasteiger partial charge in [-0.2, -0.15) is 9.97 Å². The molecule has 1 unspecified atom stereocenters. The van der Waals surface area contributed by atoms with Crippen LogP contribution in [0.5, 0.6) is 0 Å². The lowest BCUT2D eigenvalue weighted by Crippen LogP contribution is -2.41. The molecule has 0 bridgehead atoms. The summed E-state index contributed by atoms with van der Waals surface area (Å²) in [5, 5.41) is 18.3. The quantitative estimate of drug-likeness (QED) is 0.232. The lowest BCUT2D eigenvalue weighted by atomic mass is 10.1. The lowest BCUT2D eigenvalue weighted by Gasteiger charge is -2.20. The Balaban J connectivity index is 1.68. The third-order valence-electron chi connectivity index (χ3n) is 5.12. The second-order valence-corrected chi connectivity index (χ2v) is 7.82. The highest BCUT2D eigenvalue weighted by molar-refractivity contribution is 5.97. The number of benzene rings is 1. The Morgan fingerprint density at radius 2 is 1.88 bits per heavy atom. The number of methoxy groups -OCH3 is 1. The molecule has 34 heavy (non-hydrogen) atoms. The molecule has 12 nitrogen and oxygen atoms in total. The summed E-state index contributed by atoms with van der Waals surface area (Å²) in [5.41, 5.74) is 14.7. The van der Waals surface area contributed by atoms with E-state index < -0.39 is 6.04 Å². The molecule has 1 atom stereocenters. The van der Waals surface area contributed by atoms with E-state index in [4.69, 9.17) is 27.0 Å². The van der Waals surface area contributed by atoms with Crippen molar-refractivity contribution in [3.63, 3.8) is 0 Å². The molecule has 178 valence electrons. The number of nitrogens with two attached hydrogens (primary N) is 2. The molecular formula is C22H28N10O2. The van der Waals surface area contributed by atoms with Gasteiger partial charge in [-0.3, -0.25) is 10.2 Å². The fraction of sp³-hybridized carbons (Fsp3) is 0.318. The molecule has 1 aromatic carbocycles. The minimum absolute atomic E-state index is 0.0449. The van der Waals surface area contributed by atoms with Gasteiger partial charge in [0.2, 0.25) is 11.8 Å². The summed E-state index contributed by atoms with van der Waals surface area (Å²) in [7, 11) is 3.28. The molecule has 7 N–H and O–H groups in total. The molecule has 0 radical (unpaired) electrons. The van der Waals surface area contributed by atoms with E-state index in [-0.39, 0.29) is 23.6 Å². The van der Waals surface area contributed by atoms with Crippen LogP contribution in [0, 0.1) is 10.8 Å². The van der Waals surface area contributed by atoms with E-state index in [2.05, 4.69) is 25.3 Å². The van der Waals surface area contributed by atoms with Crippen LogP contribution in [0.25, 0.3) is 11.2 Å². The van der Waals surface area contributed by atoms with Gasteiger partial charge in [-0.05, 0) is 44.0 Å². The standard InChI is InChI=1S/C22H28N10O2/c1-12(23)4-9-16(19(25)34-3)29-21(33)13-5-7-15(8-6-13)32(2)11-14-10-27-20-17(28-14)18(24)30-22(26)31-20/h5-8,10,16,23,25H,4,9,11H2,1-3H3,(H,29,33)(H4,24,26,27,30,31). The molecule has 3 aromatic rings. The van der Waals surface area contributed by atoms with Gasteiger partial charge in [0.05, 0.1) is 25.5 Å². The number of hydrogen-bond acceptors (Lipinski definition) is 11. The van der Waals surface area contributed by atoms with Gasteiger partial charge in [-0.25, -0.2) is 9.97 Å². The molecule has 3 rings (SSSR count). The van der Waals surface area contributed by atoms with Crippen LogP contribution in [0.3, 0.4) is 0 Å². The smallest absolute Gasteiger partial charge is 0.251 e. The summed E-state index contributed by atoms with van der Waals surface area (Å²) in [4.78, 5) is 31.3. The summed E-state index contributed by atoms with van der Waals surface area (Å²) >= 11 is 0. The van der Waals surface area contributed by atoms with Crippen LogP contribution < -0.4 is 21.7 Å². The molecule has 0 fully saturated rings. The van der Waals surface area contributed by atoms with Gasteiger partial charge in [0.25, 0.3) is 5.91 Å². The van der Waals surface area contributed by atoms with Crippen LogP contribution in [0.15, 0.2) is 30.5 Å². The Kier molecular flexibility index (Phi) is 7.51. The zero-order valence-electron chi connectivity index (χ0n) is 19.3. The molecule has 0 saturated heterocycles. The molecule has 0 aliphatic carbocycles. The number of rotatable bonds is 9. The van der Waals surface area contributed by atoms with Crippen LogP contribution >= 0.6 is 0 Å². The van der Waals surface area contributed by atoms with Crippen molar-refractivity contribution in [2.24, 2.45) is 0 Å². The summed E-state index contributed by atoms with van der Waals surface area (Å²) in [6.45, 7) is 2.13. The van der Waals surface area contributed by atoms with Gasteiger partial charge in [0.1, 0.15) is 6.04 Å². The van der Waals surface area contributed by atoms with Gasteiger partial charge >= 0.3 is 0 Å². The highest BCUT2D eigenvalue weighted by Crippen LogP contribution is 2.19. The topological polar surface area (TPSA) is 193 Å². The minimum Gasteiger partial charge on any atom is -0.483 e. The van der Waals surface area contributed by atoms with E-state index in [1.54, 1.807) is 25.3 Å². The molecule has 2 aromatic heterocycles. The number of ether oxygens (including phenoxy) is 1. The first-order chi connectivity index (χ1) is 16.2. The molecule has 1 amide bonds. The predicted molar refractivity (Wildman–Crippen MR) is 131 cm³/mol. The first-order valence-electron chi connectivity index (χ1n) is 10.5. The van der Waals surface area contributed by atoms with Gasteiger partial charge < -0.3 is 31.8 Å². The maximum atomic E-state index is 12.7. The number of nitrogens with zero attached hydrogens (tertiary/aromatic N) is 5. The fourth-order valence-electron chi connectivity index (χ4n) is 3.27. The van der Waals surface area contributed by atoms with E-state index >= 15 is 0 Å². The second kappa shape index (κ2) is 10.5. The molecule has 2 heterocycles. The zero-order valence-corrected chi connectivity index (χ0v) is 19.3. The number of carbonyl (C=O) groups excluding carboxylic acids is 1. The zero-order chi connectivity index (χ0) is 24.8. The van der Waals surface area contributed by atoms with Crippen molar-refractivity contribution in [1.82, 2.24) is 25.3 Å². The molecule has 0 saturated carbocycles. The Morgan fingerprint density at radius 1 is 1.18 bits per heavy atom. The van der Waals surface area contributed by atoms with Crippen LogP contribution in [0.1, 0.15) is 35.8 Å². The summed E-state index contributed by atoms with van der Waals surface area (Å²) in [6, 6.07) is 6.45. The monoisotopic (exact) mass is 464 g/mol. The molecule has 12 heteroatoms. The maximum absolute atomic E-state index is 12.7. The number of hydrogen-bond donors (Lipinski definition) is 5. The molecular weight excluding hydrogens is 436 g/mol. The Morgan fingerprint density at radius 3 is 2.53 bits per heavy atom. The van der Waals surface area contributed by atoms with E-state index in [1.165, 1.54) is 7.11 Å². The van der Waals surface area contributed by atoms with E-state index in [0.29, 0.717) is 47.5 Å². The Hall–Kier alpha value is -4.35. The maximum Gasteiger partial charge on any atom is 0.251 e. The highest BCUT2D eigenvalue weighted by Gasteiger charge is 2.19. The van der Waals surface area contributed by atoms with E-state index in [1.807, 2.05) is 24.1 Å². The summed E-state index contributed by atoms with van der Waals surface area (Å²) in [5.74, 6) is -0.149. The first kappa shape index (κ1) is 24.3. The van der Waals surface area contributed by atoms with Crippen LogP contribution in [-0.4, -0.2) is 57.7 Å². The number of carbonyl (C=O) groups is 1. The SMILES string of the molecule is COC(=N)C(CCC(C)=N)NC(=O)c1ccc(N(C)Cc2cnc3nc(N)nc(N)c3n2)cc1. The van der Waals surface area contributed by atoms with Crippen LogP contribution in [-0.2, 0) is 11.3 Å². The van der Waals surface area contributed by atoms with Crippen LogP contribution in [0.4, 0.5) is 17.5 Å². The number of nitrogens with one attached hydrogen (secondary N) is 3. The van der Waals surface area contributed by atoms with Crippen molar-refractivity contribution in [3.05, 3.63) is 41.7 Å². The largest absolute Gasteiger partial charge is 0.483 e. The third-order valence-corrected chi connectivity index (χ3v) is 5.12. The van der Waals surface area contributed by atoms with Crippen molar-refractivity contribution in [2.75, 3.05) is 30.5 Å². The van der Waals surface area contributed by atoms with E-state index in [0.717, 1.165) is 5.69 Å². The second-order valence-electron chi connectivity index (χ2n) is 7.82. The normalized spacial score (nSPS) is 11.6. The number of amides is 1. The van der Waals surface area contributed by atoms with Crippen molar-refractivity contribution >= 4 is 46.1 Å². The fourth-order valence-corrected chi connectivity index (χ4v) is 3.27. The predicted octanol–water partition coefficient (Wildman–Crippen LogP) is 1.76. The Bertz CT molecular complexity index is 1210. The first-order valence-corrected chi connectivity index (χ1v) is 10.5. The van der Waals surface area contributed by atoms with E-state index in [9.17, 15) is 4.79 Å². The average molecular weight is 465 g/mol.